The highest BCUT2D eigenvalue weighted by Gasteiger charge is 2.23. The standard InChI is InChI=1S/C17H23N3S/c1-2-16-12-21-17(19-16)14-6-4-8-20(11-14)10-13-5-3-7-15(18)9-13/h3,5,7,9,12,14H,2,4,6,8,10-11,18H2,1H3. The summed E-state index contributed by atoms with van der Waals surface area (Å²) in [5.41, 5.74) is 9.28. The lowest BCUT2D eigenvalue weighted by Gasteiger charge is -2.31. The highest BCUT2D eigenvalue weighted by molar-refractivity contribution is 7.09. The Hall–Kier alpha value is -1.39. The number of hydrogen-bond donors (Lipinski definition) is 1. The van der Waals surface area contributed by atoms with E-state index in [-0.39, 0.29) is 0 Å². The van der Waals surface area contributed by atoms with Gasteiger partial charge < -0.3 is 5.73 Å². The second-order valence-corrected chi connectivity index (χ2v) is 6.74. The molecule has 0 aliphatic carbocycles. The van der Waals surface area contributed by atoms with Crippen molar-refractivity contribution >= 4 is 17.0 Å². The fourth-order valence-corrected chi connectivity index (χ4v) is 4.05. The monoisotopic (exact) mass is 301 g/mol. The van der Waals surface area contributed by atoms with Crippen molar-refractivity contribution in [2.45, 2.75) is 38.6 Å². The van der Waals surface area contributed by atoms with E-state index in [9.17, 15) is 0 Å². The molecule has 112 valence electrons. The predicted octanol–water partition coefficient (Wildman–Crippen LogP) is 3.67. The summed E-state index contributed by atoms with van der Waals surface area (Å²) in [5.74, 6) is 0.602. The molecule has 3 nitrogen and oxygen atoms in total. The quantitative estimate of drug-likeness (QED) is 0.876. The molecule has 1 aromatic carbocycles. The second-order valence-electron chi connectivity index (χ2n) is 5.85. The summed E-state index contributed by atoms with van der Waals surface area (Å²) in [6, 6.07) is 8.24. The number of aryl methyl sites for hydroxylation is 1. The number of likely N-dealkylation sites (tertiary alicyclic amines) is 1. The Balaban J connectivity index is 1.65. The molecule has 2 N–H and O–H groups in total. The number of nitrogen functional groups attached to an aromatic ring is 1. The first-order chi connectivity index (χ1) is 10.2. The molecule has 2 aromatic rings. The minimum Gasteiger partial charge on any atom is -0.399 e. The smallest absolute Gasteiger partial charge is 0.0972 e. The summed E-state index contributed by atoms with van der Waals surface area (Å²) in [5, 5.41) is 3.54. The van der Waals surface area contributed by atoms with Crippen molar-refractivity contribution in [3.8, 4) is 0 Å². The number of thiazole rings is 1. The third-order valence-electron chi connectivity index (χ3n) is 4.14. The number of aromatic nitrogens is 1. The van der Waals surface area contributed by atoms with E-state index in [1.807, 2.05) is 23.5 Å². The van der Waals surface area contributed by atoms with Crippen LogP contribution in [0.25, 0.3) is 0 Å². The molecule has 0 amide bonds. The van der Waals surface area contributed by atoms with Gasteiger partial charge in [-0.1, -0.05) is 19.1 Å². The second kappa shape index (κ2) is 6.58. The molecule has 1 unspecified atom stereocenters. The topological polar surface area (TPSA) is 42.1 Å². The van der Waals surface area contributed by atoms with Gasteiger partial charge >= 0.3 is 0 Å². The van der Waals surface area contributed by atoms with Gasteiger partial charge in [-0.15, -0.1) is 11.3 Å². The van der Waals surface area contributed by atoms with Crippen LogP contribution in [0.5, 0.6) is 0 Å². The fraction of sp³-hybridized carbons (Fsp3) is 0.471. The summed E-state index contributed by atoms with van der Waals surface area (Å²) in [6.45, 7) is 5.46. The van der Waals surface area contributed by atoms with Crippen molar-refractivity contribution in [2.24, 2.45) is 0 Å². The van der Waals surface area contributed by atoms with E-state index in [4.69, 9.17) is 10.7 Å². The number of anilines is 1. The van der Waals surface area contributed by atoms with Crippen LogP contribution >= 0.6 is 11.3 Å². The Morgan fingerprint density at radius 2 is 2.33 bits per heavy atom. The zero-order valence-electron chi connectivity index (χ0n) is 12.6. The molecule has 1 aliphatic rings. The van der Waals surface area contributed by atoms with Gasteiger partial charge in [-0.05, 0) is 43.5 Å². The highest BCUT2D eigenvalue weighted by atomic mass is 32.1. The molecule has 0 spiro atoms. The van der Waals surface area contributed by atoms with E-state index < -0.39 is 0 Å². The van der Waals surface area contributed by atoms with Crippen LogP contribution in [0.4, 0.5) is 5.69 Å². The molecule has 4 heteroatoms. The van der Waals surface area contributed by atoms with E-state index in [1.165, 1.54) is 35.7 Å². The molecule has 1 atom stereocenters. The van der Waals surface area contributed by atoms with Crippen LogP contribution in [-0.2, 0) is 13.0 Å². The first-order valence-electron chi connectivity index (χ1n) is 7.75. The molecular weight excluding hydrogens is 278 g/mol. The Morgan fingerprint density at radius 3 is 3.10 bits per heavy atom. The number of rotatable bonds is 4. The molecule has 0 bridgehead atoms. The first kappa shape index (κ1) is 14.5. The third kappa shape index (κ3) is 3.63. The molecule has 3 rings (SSSR count). The van der Waals surface area contributed by atoms with Crippen LogP contribution in [0.2, 0.25) is 0 Å². The zero-order valence-corrected chi connectivity index (χ0v) is 13.4. The van der Waals surface area contributed by atoms with Crippen molar-refractivity contribution in [1.82, 2.24) is 9.88 Å². The SMILES string of the molecule is CCc1csc(C2CCCN(Cc3cccc(N)c3)C2)n1. The summed E-state index contributed by atoms with van der Waals surface area (Å²) >= 11 is 1.83. The lowest BCUT2D eigenvalue weighted by atomic mass is 9.98. The van der Waals surface area contributed by atoms with Crippen LogP contribution in [0, 0.1) is 0 Å². The summed E-state index contributed by atoms with van der Waals surface area (Å²) in [6.07, 6.45) is 3.56. The van der Waals surface area contributed by atoms with Crippen LogP contribution in [0.1, 0.15) is 41.9 Å². The normalized spacial score (nSPS) is 19.8. The molecule has 1 aromatic heterocycles. The van der Waals surface area contributed by atoms with Crippen molar-refractivity contribution in [1.29, 1.82) is 0 Å². The molecular formula is C17H23N3S. The van der Waals surface area contributed by atoms with Gasteiger partial charge in [-0.2, -0.15) is 0 Å². The minimum atomic E-state index is 0.602. The Bertz CT molecular complexity index is 593. The Kier molecular flexibility index (Phi) is 4.56. The van der Waals surface area contributed by atoms with Gasteiger partial charge in [0.25, 0.3) is 0 Å². The number of benzene rings is 1. The minimum absolute atomic E-state index is 0.602. The van der Waals surface area contributed by atoms with Crippen molar-refractivity contribution in [3.63, 3.8) is 0 Å². The zero-order chi connectivity index (χ0) is 14.7. The Morgan fingerprint density at radius 1 is 1.43 bits per heavy atom. The third-order valence-corrected chi connectivity index (χ3v) is 5.20. The highest BCUT2D eigenvalue weighted by Crippen LogP contribution is 2.30. The summed E-state index contributed by atoms with van der Waals surface area (Å²) in [7, 11) is 0. The maximum absolute atomic E-state index is 5.87. The Labute approximate surface area is 130 Å². The van der Waals surface area contributed by atoms with Gasteiger partial charge in [-0.25, -0.2) is 4.98 Å². The van der Waals surface area contributed by atoms with E-state index in [1.54, 1.807) is 0 Å². The fourth-order valence-electron chi connectivity index (χ4n) is 3.02. The summed E-state index contributed by atoms with van der Waals surface area (Å²) in [4.78, 5) is 7.32. The van der Waals surface area contributed by atoms with Gasteiger partial charge in [0.2, 0.25) is 0 Å². The lowest BCUT2D eigenvalue weighted by Crippen LogP contribution is -2.33. The molecule has 0 radical (unpaired) electrons. The van der Waals surface area contributed by atoms with Gasteiger partial charge in [0.1, 0.15) is 0 Å². The molecule has 1 fully saturated rings. The number of nitrogens with two attached hydrogens (primary N) is 1. The van der Waals surface area contributed by atoms with Crippen LogP contribution < -0.4 is 5.73 Å². The number of hydrogen-bond acceptors (Lipinski definition) is 4. The molecule has 2 heterocycles. The van der Waals surface area contributed by atoms with Crippen molar-refractivity contribution in [2.75, 3.05) is 18.8 Å². The first-order valence-corrected chi connectivity index (χ1v) is 8.63. The van der Waals surface area contributed by atoms with E-state index >= 15 is 0 Å². The maximum atomic E-state index is 5.87. The average Bonchev–Trinajstić information content (AvgIpc) is 2.96. The van der Waals surface area contributed by atoms with Crippen molar-refractivity contribution < 1.29 is 0 Å². The van der Waals surface area contributed by atoms with Gasteiger partial charge in [0.05, 0.1) is 10.7 Å². The van der Waals surface area contributed by atoms with E-state index in [0.29, 0.717) is 5.92 Å². The van der Waals surface area contributed by atoms with Gasteiger partial charge in [0.15, 0.2) is 0 Å². The van der Waals surface area contributed by atoms with Crippen molar-refractivity contribution in [3.05, 3.63) is 45.9 Å². The van der Waals surface area contributed by atoms with E-state index in [0.717, 1.165) is 25.2 Å². The molecule has 1 saturated heterocycles. The predicted molar refractivity (Wildman–Crippen MR) is 89.6 cm³/mol. The maximum Gasteiger partial charge on any atom is 0.0972 e. The number of piperidine rings is 1. The number of nitrogens with zero attached hydrogens (tertiary/aromatic N) is 2. The van der Waals surface area contributed by atoms with Crippen LogP contribution in [0.3, 0.4) is 0 Å². The molecule has 0 saturated carbocycles. The lowest BCUT2D eigenvalue weighted by molar-refractivity contribution is 0.200. The van der Waals surface area contributed by atoms with Crippen LogP contribution in [-0.4, -0.2) is 23.0 Å². The average molecular weight is 301 g/mol. The largest absolute Gasteiger partial charge is 0.399 e. The van der Waals surface area contributed by atoms with Gasteiger partial charge in [0, 0.05) is 30.1 Å². The summed E-state index contributed by atoms with van der Waals surface area (Å²) < 4.78 is 0. The molecule has 1 aliphatic heterocycles. The molecule has 21 heavy (non-hydrogen) atoms. The van der Waals surface area contributed by atoms with Crippen LogP contribution in [0.15, 0.2) is 29.6 Å². The van der Waals surface area contributed by atoms with Gasteiger partial charge in [-0.3, -0.25) is 4.90 Å². The van der Waals surface area contributed by atoms with E-state index in [2.05, 4.69) is 29.3 Å².